The predicted molar refractivity (Wildman–Crippen MR) is 87.3 cm³/mol. The zero-order valence-corrected chi connectivity index (χ0v) is 13.7. The summed E-state index contributed by atoms with van der Waals surface area (Å²) in [5.41, 5.74) is 2.67. The fourth-order valence-electron chi connectivity index (χ4n) is 1.97. The standard InChI is InChI=1S/C16H25BrN2/c1-4-9-18-12-14-7-8-15(16(17)11-14)13-19(6-3)10-5-2/h5,7-8,11,18H,2,4,6,9-10,12-13H2,1,3H3. The van der Waals surface area contributed by atoms with E-state index >= 15 is 0 Å². The first-order valence-electron chi connectivity index (χ1n) is 7.02. The molecule has 0 amide bonds. The van der Waals surface area contributed by atoms with Crippen LogP contribution in [0.1, 0.15) is 31.4 Å². The summed E-state index contributed by atoms with van der Waals surface area (Å²) < 4.78 is 1.20. The van der Waals surface area contributed by atoms with Crippen molar-refractivity contribution in [2.24, 2.45) is 0 Å². The molecule has 106 valence electrons. The number of nitrogens with zero attached hydrogens (tertiary/aromatic N) is 1. The van der Waals surface area contributed by atoms with Gasteiger partial charge in [-0.15, -0.1) is 6.58 Å². The fraction of sp³-hybridized carbons (Fsp3) is 0.500. The Morgan fingerprint density at radius 3 is 2.74 bits per heavy atom. The molecule has 0 heterocycles. The van der Waals surface area contributed by atoms with Crippen molar-refractivity contribution in [3.63, 3.8) is 0 Å². The second-order valence-electron chi connectivity index (χ2n) is 4.72. The molecule has 0 fully saturated rings. The van der Waals surface area contributed by atoms with Crippen LogP contribution in [0, 0.1) is 0 Å². The largest absolute Gasteiger partial charge is 0.313 e. The van der Waals surface area contributed by atoms with Crippen LogP contribution in [0.15, 0.2) is 35.3 Å². The Kier molecular flexibility index (Phi) is 8.03. The summed E-state index contributed by atoms with van der Waals surface area (Å²) in [6.45, 7) is 13.1. The maximum Gasteiger partial charge on any atom is 0.0248 e. The van der Waals surface area contributed by atoms with Gasteiger partial charge in [0, 0.05) is 24.1 Å². The van der Waals surface area contributed by atoms with Crippen LogP contribution >= 0.6 is 15.9 Å². The van der Waals surface area contributed by atoms with Crippen LogP contribution in [-0.4, -0.2) is 24.5 Å². The summed E-state index contributed by atoms with van der Waals surface area (Å²) >= 11 is 3.68. The van der Waals surface area contributed by atoms with Crippen LogP contribution in [0.4, 0.5) is 0 Å². The van der Waals surface area contributed by atoms with Crippen LogP contribution < -0.4 is 5.32 Å². The quantitative estimate of drug-likeness (QED) is 0.546. The van der Waals surface area contributed by atoms with E-state index < -0.39 is 0 Å². The first kappa shape index (κ1) is 16.4. The number of likely N-dealkylation sites (N-methyl/N-ethyl adjacent to an activating group) is 1. The SMILES string of the molecule is C=CCN(CC)Cc1ccc(CNCCC)cc1Br. The van der Waals surface area contributed by atoms with E-state index in [2.05, 4.69) is 64.8 Å². The number of hydrogen-bond donors (Lipinski definition) is 1. The van der Waals surface area contributed by atoms with E-state index in [9.17, 15) is 0 Å². The van der Waals surface area contributed by atoms with Crippen LogP contribution in [0.3, 0.4) is 0 Å². The molecule has 0 atom stereocenters. The molecule has 0 saturated heterocycles. The molecule has 2 nitrogen and oxygen atoms in total. The van der Waals surface area contributed by atoms with Crippen molar-refractivity contribution >= 4 is 15.9 Å². The second-order valence-corrected chi connectivity index (χ2v) is 5.57. The minimum atomic E-state index is 0.933. The van der Waals surface area contributed by atoms with Crippen molar-refractivity contribution in [3.8, 4) is 0 Å². The second kappa shape index (κ2) is 9.29. The molecule has 3 heteroatoms. The maximum atomic E-state index is 3.81. The highest BCUT2D eigenvalue weighted by Gasteiger charge is 2.06. The Hall–Kier alpha value is -0.640. The van der Waals surface area contributed by atoms with Gasteiger partial charge >= 0.3 is 0 Å². The Morgan fingerprint density at radius 2 is 2.16 bits per heavy atom. The van der Waals surface area contributed by atoms with Crippen molar-refractivity contribution in [2.75, 3.05) is 19.6 Å². The molecule has 0 bridgehead atoms. The van der Waals surface area contributed by atoms with Gasteiger partial charge in [-0.1, -0.05) is 48.0 Å². The molecule has 0 spiro atoms. The summed E-state index contributed by atoms with van der Waals surface area (Å²) in [4.78, 5) is 2.36. The van der Waals surface area contributed by atoms with Gasteiger partial charge in [0.1, 0.15) is 0 Å². The van der Waals surface area contributed by atoms with Crippen LogP contribution in [0.25, 0.3) is 0 Å². The lowest BCUT2D eigenvalue weighted by Gasteiger charge is -2.19. The van der Waals surface area contributed by atoms with Gasteiger partial charge in [-0.3, -0.25) is 4.90 Å². The third kappa shape index (κ3) is 5.89. The van der Waals surface area contributed by atoms with Gasteiger partial charge in [0.25, 0.3) is 0 Å². The molecule has 0 aliphatic rings. The first-order chi connectivity index (χ1) is 9.21. The molecule has 1 rings (SSSR count). The van der Waals surface area contributed by atoms with Crippen molar-refractivity contribution in [1.82, 2.24) is 10.2 Å². The van der Waals surface area contributed by atoms with Crippen molar-refractivity contribution in [3.05, 3.63) is 46.5 Å². The van der Waals surface area contributed by atoms with Gasteiger partial charge in [0.15, 0.2) is 0 Å². The van der Waals surface area contributed by atoms with E-state index in [0.29, 0.717) is 0 Å². The molecule has 0 aliphatic carbocycles. The van der Waals surface area contributed by atoms with E-state index in [1.54, 1.807) is 0 Å². The lowest BCUT2D eigenvalue weighted by molar-refractivity contribution is 0.311. The average Bonchev–Trinajstić information content (AvgIpc) is 2.41. The van der Waals surface area contributed by atoms with Crippen LogP contribution in [-0.2, 0) is 13.1 Å². The maximum absolute atomic E-state index is 3.81. The van der Waals surface area contributed by atoms with Gasteiger partial charge in [0.2, 0.25) is 0 Å². The Bertz CT molecular complexity index is 390. The van der Waals surface area contributed by atoms with E-state index in [1.807, 2.05) is 6.08 Å². The number of benzene rings is 1. The Morgan fingerprint density at radius 1 is 1.37 bits per heavy atom. The normalized spacial score (nSPS) is 10.9. The summed E-state index contributed by atoms with van der Waals surface area (Å²) in [5.74, 6) is 0. The summed E-state index contributed by atoms with van der Waals surface area (Å²) in [5, 5.41) is 3.43. The van der Waals surface area contributed by atoms with E-state index in [-0.39, 0.29) is 0 Å². The number of rotatable bonds is 9. The summed E-state index contributed by atoms with van der Waals surface area (Å²) in [7, 11) is 0. The highest BCUT2D eigenvalue weighted by molar-refractivity contribution is 9.10. The summed E-state index contributed by atoms with van der Waals surface area (Å²) in [6, 6.07) is 6.66. The topological polar surface area (TPSA) is 15.3 Å². The van der Waals surface area contributed by atoms with Gasteiger partial charge in [-0.25, -0.2) is 0 Å². The molecule has 1 N–H and O–H groups in total. The number of halogens is 1. The van der Waals surface area contributed by atoms with E-state index in [0.717, 1.165) is 32.7 Å². The highest BCUT2D eigenvalue weighted by atomic mass is 79.9. The van der Waals surface area contributed by atoms with E-state index in [1.165, 1.54) is 22.0 Å². The Balaban J connectivity index is 2.63. The van der Waals surface area contributed by atoms with Crippen LogP contribution in [0.5, 0.6) is 0 Å². The lowest BCUT2D eigenvalue weighted by atomic mass is 10.1. The molecule has 19 heavy (non-hydrogen) atoms. The van der Waals surface area contributed by atoms with Gasteiger partial charge in [-0.05, 0) is 36.7 Å². The first-order valence-corrected chi connectivity index (χ1v) is 7.81. The smallest absolute Gasteiger partial charge is 0.0248 e. The minimum Gasteiger partial charge on any atom is -0.313 e. The summed E-state index contributed by atoms with van der Waals surface area (Å²) in [6.07, 6.45) is 3.13. The van der Waals surface area contributed by atoms with Crippen molar-refractivity contribution < 1.29 is 0 Å². The molecule has 0 aromatic heterocycles. The Labute approximate surface area is 126 Å². The van der Waals surface area contributed by atoms with Crippen molar-refractivity contribution in [2.45, 2.75) is 33.4 Å². The molecule has 0 aliphatic heterocycles. The highest BCUT2D eigenvalue weighted by Crippen LogP contribution is 2.20. The van der Waals surface area contributed by atoms with Gasteiger partial charge in [-0.2, -0.15) is 0 Å². The number of nitrogens with one attached hydrogen (secondary N) is 1. The molecule has 0 unspecified atom stereocenters. The van der Waals surface area contributed by atoms with E-state index in [4.69, 9.17) is 0 Å². The van der Waals surface area contributed by atoms with Crippen molar-refractivity contribution in [1.29, 1.82) is 0 Å². The lowest BCUT2D eigenvalue weighted by Crippen LogP contribution is -2.23. The zero-order chi connectivity index (χ0) is 14.1. The average molecular weight is 325 g/mol. The molecule has 1 aromatic rings. The number of hydrogen-bond acceptors (Lipinski definition) is 2. The predicted octanol–water partition coefficient (Wildman–Crippen LogP) is 3.96. The molecule has 0 saturated carbocycles. The minimum absolute atomic E-state index is 0.933. The fourth-order valence-corrected chi connectivity index (χ4v) is 2.52. The molecule has 0 radical (unpaired) electrons. The van der Waals surface area contributed by atoms with Gasteiger partial charge < -0.3 is 5.32 Å². The molecular formula is C16H25BrN2. The van der Waals surface area contributed by atoms with Gasteiger partial charge in [0.05, 0.1) is 0 Å². The monoisotopic (exact) mass is 324 g/mol. The molecule has 1 aromatic carbocycles. The molecular weight excluding hydrogens is 300 g/mol. The third-order valence-electron chi connectivity index (χ3n) is 3.10. The zero-order valence-electron chi connectivity index (χ0n) is 12.1. The van der Waals surface area contributed by atoms with Crippen LogP contribution in [0.2, 0.25) is 0 Å². The third-order valence-corrected chi connectivity index (χ3v) is 3.84.